The van der Waals surface area contributed by atoms with E-state index in [1.165, 1.54) is 32.1 Å². The molecular formula is C25H42N4O2. The van der Waals surface area contributed by atoms with Gasteiger partial charge in [0.25, 0.3) is 5.91 Å². The Labute approximate surface area is 188 Å². The van der Waals surface area contributed by atoms with Gasteiger partial charge in [-0.05, 0) is 37.8 Å². The maximum absolute atomic E-state index is 12.0. The van der Waals surface area contributed by atoms with Crippen LogP contribution in [0.2, 0.25) is 0 Å². The number of hydrogen-bond donors (Lipinski definition) is 5. The summed E-state index contributed by atoms with van der Waals surface area (Å²) in [6.45, 7) is 8.86. The molecule has 3 atom stereocenters. The number of carbonyl (C=O) groups is 1. The van der Waals surface area contributed by atoms with E-state index in [0.717, 1.165) is 17.6 Å². The summed E-state index contributed by atoms with van der Waals surface area (Å²) in [5.74, 6) is 0.245. The zero-order valence-electron chi connectivity index (χ0n) is 19.7. The van der Waals surface area contributed by atoms with Crippen molar-refractivity contribution in [3.63, 3.8) is 0 Å². The van der Waals surface area contributed by atoms with Crippen molar-refractivity contribution < 1.29 is 9.90 Å². The number of amides is 1. The lowest BCUT2D eigenvalue weighted by Crippen LogP contribution is -2.49. The minimum Gasteiger partial charge on any atom is -0.396 e. The highest BCUT2D eigenvalue weighted by Gasteiger charge is 2.27. The summed E-state index contributed by atoms with van der Waals surface area (Å²) in [6, 6.07) is 0.811. The average molecular weight is 431 g/mol. The molecule has 2 aliphatic carbocycles. The first-order valence-corrected chi connectivity index (χ1v) is 12.0. The van der Waals surface area contributed by atoms with Crippen LogP contribution in [0.4, 0.5) is 0 Å². The van der Waals surface area contributed by atoms with Crippen molar-refractivity contribution in [2.24, 2.45) is 11.7 Å². The molecule has 6 nitrogen and oxygen atoms in total. The fourth-order valence-corrected chi connectivity index (χ4v) is 4.56. The highest BCUT2D eigenvalue weighted by Crippen LogP contribution is 2.24. The predicted molar refractivity (Wildman–Crippen MR) is 128 cm³/mol. The average Bonchev–Trinajstić information content (AvgIpc) is 2.80. The third-order valence-electron chi connectivity index (χ3n) is 6.29. The Morgan fingerprint density at radius 2 is 1.97 bits per heavy atom. The van der Waals surface area contributed by atoms with Crippen molar-refractivity contribution in [1.29, 1.82) is 0 Å². The summed E-state index contributed by atoms with van der Waals surface area (Å²) >= 11 is 0. The van der Waals surface area contributed by atoms with Crippen LogP contribution in [-0.2, 0) is 4.79 Å². The third-order valence-corrected chi connectivity index (χ3v) is 6.29. The van der Waals surface area contributed by atoms with E-state index in [0.29, 0.717) is 24.0 Å². The number of carbonyl (C=O) groups excluding carboxylic acids is 1. The van der Waals surface area contributed by atoms with Crippen molar-refractivity contribution in [2.45, 2.75) is 84.3 Å². The van der Waals surface area contributed by atoms with Crippen LogP contribution >= 0.6 is 0 Å². The molecule has 1 heterocycles. The first kappa shape index (κ1) is 25.2. The number of fused-ring (bicyclic) bond motifs is 1. The summed E-state index contributed by atoms with van der Waals surface area (Å²) in [6.07, 6.45) is 15.4. The van der Waals surface area contributed by atoms with Gasteiger partial charge in [0.15, 0.2) is 0 Å². The molecule has 6 heteroatoms. The van der Waals surface area contributed by atoms with Crippen molar-refractivity contribution in [1.82, 2.24) is 16.0 Å². The Balaban J connectivity index is 0.00000166. The van der Waals surface area contributed by atoms with Gasteiger partial charge in [0.2, 0.25) is 0 Å². The Kier molecular flexibility index (Phi) is 10.3. The van der Waals surface area contributed by atoms with E-state index in [2.05, 4.69) is 41.1 Å². The minimum absolute atomic E-state index is 0.0270. The van der Waals surface area contributed by atoms with E-state index in [1.54, 1.807) is 0 Å². The highest BCUT2D eigenvalue weighted by molar-refractivity contribution is 5.96. The fraction of sp³-hybridized carbons (Fsp3) is 0.640. The van der Waals surface area contributed by atoms with Gasteiger partial charge in [0.1, 0.15) is 5.82 Å². The summed E-state index contributed by atoms with van der Waals surface area (Å²) in [5.41, 5.74) is 8.28. The number of allylic oxidation sites excluding steroid dienone is 2. The van der Waals surface area contributed by atoms with Gasteiger partial charge in [0.05, 0.1) is 11.6 Å². The van der Waals surface area contributed by atoms with E-state index in [-0.39, 0.29) is 24.6 Å². The second-order valence-corrected chi connectivity index (χ2v) is 8.51. The standard InChI is InChI=1S/C23H36N4O2.C2H6/c1-3-20(26-18-7-5-4-6-8-18)17(14-28)13-25-23-19(22(24)29)12-16-11-15(2)9-10-21(16)27-23;1-2/h9-12,17-18,20-21,25-28H,3-8,13-14H2,1-2H3,(H2,24,29);1-2H3. The van der Waals surface area contributed by atoms with Gasteiger partial charge >= 0.3 is 0 Å². The van der Waals surface area contributed by atoms with Crippen LogP contribution < -0.4 is 21.7 Å². The number of hydrogen-bond acceptors (Lipinski definition) is 5. The number of dihydropyridines is 1. The molecule has 31 heavy (non-hydrogen) atoms. The van der Waals surface area contributed by atoms with Gasteiger partial charge < -0.3 is 26.8 Å². The van der Waals surface area contributed by atoms with Crippen LogP contribution in [0.3, 0.4) is 0 Å². The molecule has 1 amide bonds. The van der Waals surface area contributed by atoms with Crippen LogP contribution in [0.15, 0.2) is 46.8 Å². The van der Waals surface area contributed by atoms with Gasteiger partial charge in [-0.15, -0.1) is 0 Å². The predicted octanol–water partition coefficient (Wildman–Crippen LogP) is 3.02. The second kappa shape index (κ2) is 12.7. The molecule has 0 aromatic rings. The number of primary amides is 1. The number of nitrogens with two attached hydrogens (primary N) is 1. The van der Waals surface area contributed by atoms with E-state index >= 15 is 0 Å². The van der Waals surface area contributed by atoms with E-state index in [1.807, 2.05) is 26.8 Å². The summed E-state index contributed by atoms with van der Waals surface area (Å²) < 4.78 is 0. The Hall–Kier alpha value is -2.05. The molecule has 0 bridgehead atoms. The number of nitrogens with one attached hydrogen (secondary N) is 3. The lowest BCUT2D eigenvalue weighted by atomic mass is 9.91. The molecule has 3 rings (SSSR count). The Bertz CT molecular complexity index is 717. The topological polar surface area (TPSA) is 99.4 Å². The maximum Gasteiger partial charge on any atom is 0.252 e. The summed E-state index contributed by atoms with van der Waals surface area (Å²) in [4.78, 5) is 12.0. The lowest BCUT2D eigenvalue weighted by molar-refractivity contribution is -0.114. The van der Waals surface area contributed by atoms with Gasteiger partial charge in [0, 0.05) is 31.2 Å². The zero-order chi connectivity index (χ0) is 22.8. The second-order valence-electron chi connectivity index (χ2n) is 8.51. The maximum atomic E-state index is 12.0. The van der Waals surface area contributed by atoms with Gasteiger partial charge in [-0.3, -0.25) is 4.79 Å². The van der Waals surface area contributed by atoms with Crippen LogP contribution in [0, 0.1) is 5.92 Å². The van der Waals surface area contributed by atoms with Crippen LogP contribution in [0.25, 0.3) is 0 Å². The lowest BCUT2D eigenvalue weighted by Gasteiger charge is -2.34. The smallest absolute Gasteiger partial charge is 0.252 e. The highest BCUT2D eigenvalue weighted by atomic mass is 16.3. The molecule has 0 saturated heterocycles. The van der Waals surface area contributed by atoms with Gasteiger partial charge in [-0.25, -0.2) is 0 Å². The van der Waals surface area contributed by atoms with Crippen molar-refractivity contribution >= 4 is 5.91 Å². The Morgan fingerprint density at radius 1 is 1.26 bits per heavy atom. The van der Waals surface area contributed by atoms with Gasteiger partial charge in [-0.2, -0.15) is 0 Å². The molecule has 6 N–H and O–H groups in total. The molecular weight excluding hydrogens is 388 g/mol. The molecule has 0 aromatic heterocycles. The summed E-state index contributed by atoms with van der Waals surface area (Å²) in [7, 11) is 0. The van der Waals surface area contributed by atoms with Crippen molar-refractivity contribution in [3.8, 4) is 0 Å². The van der Waals surface area contributed by atoms with Crippen molar-refractivity contribution in [2.75, 3.05) is 13.2 Å². The number of rotatable bonds is 9. The fourth-order valence-electron chi connectivity index (χ4n) is 4.56. The molecule has 0 aromatic carbocycles. The first-order valence-electron chi connectivity index (χ1n) is 12.0. The molecule has 3 unspecified atom stereocenters. The molecule has 174 valence electrons. The molecule has 1 aliphatic heterocycles. The minimum atomic E-state index is -0.459. The number of aliphatic hydroxyl groups is 1. The molecule has 0 spiro atoms. The Morgan fingerprint density at radius 3 is 2.58 bits per heavy atom. The van der Waals surface area contributed by atoms with Crippen molar-refractivity contribution in [3.05, 3.63) is 46.8 Å². The third kappa shape index (κ3) is 6.97. The first-order chi connectivity index (χ1) is 15.0. The van der Waals surface area contributed by atoms with E-state index in [4.69, 9.17) is 5.73 Å². The SMILES string of the molecule is CC.CCC(NC1CCCCC1)C(CO)CNC1=C(C(N)=O)C=C2C=C(C)C=CC2N1. The largest absolute Gasteiger partial charge is 0.396 e. The van der Waals surface area contributed by atoms with E-state index in [9.17, 15) is 9.90 Å². The normalized spacial score (nSPS) is 22.8. The van der Waals surface area contributed by atoms with Gasteiger partial charge in [-0.1, -0.05) is 63.8 Å². The molecule has 3 aliphatic rings. The molecule has 0 radical (unpaired) electrons. The van der Waals surface area contributed by atoms with Crippen LogP contribution in [0.1, 0.15) is 66.2 Å². The van der Waals surface area contributed by atoms with E-state index < -0.39 is 5.91 Å². The zero-order valence-corrected chi connectivity index (χ0v) is 19.7. The van der Waals surface area contributed by atoms with Crippen LogP contribution in [-0.4, -0.2) is 42.3 Å². The quantitative estimate of drug-likeness (QED) is 0.387. The summed E-state index contributed by atoms with van der Waals surface area (Å²) in [5, 5.41) is 20.6. The molecule has 1 saturated carbocycles. The molecule has 1 fully saturated rings. The monoisotopic (exact) mass is 430 g/mol. The number of aliphatic hydroxyl groups excluding tert-OH is 1. The van der Waals surface area contributed by atoms with Crippen LogP contribution in [0.5, 0.6) is 0 Å².